The Morgan fingerprint density at radius 3 is 1.85 bits per heavy atom. The number of nitrogens with zero attached hydrogens (tertiary/aromatic N) is 3. The van der Waals surface area contributed by atoms with Gasteiger partial charge in [-0.05, 0) is 81.1 Å². The second-order valence-corrected chi connectivity index (χ2v) is 13.6. The molecule has 0 saturated heterocycles. The van der Waals surface area contributed by atoms with Gasteiger partial charge in [0, 0.05) is 21.7 Å². The van der Waals surface area contributed by atoms with Gasteiger partial charge in [-0.2, -0.15) is 0 Å². The van der Waals surface area contributed by atoms with Gasteiger partial charge in [0.15, 0.2) is 11.7 Å². The molecule has 8 aromatic rings. The van der Waals surface area contributed by atoms with E-state index in [1.807, 2.05) is 60.7 Å². The van der Waals surface area contributed by atoms with Gasteiger partial charge in [0.25, 0.3) is 0 Å². The number of furan rings is 1. The van der Waals surface area contributed by atoms with Gasteiger partial charge in [-0.1, -0.05) is 170 Å². The summed E-state index contributed by atoms with van der Waals surface area (Å²) in [5.74, 6) is 1.13. The van der Waals surface area contributed by atoms with Crippen molar-refractivity contribution in [2.75, 3.05) is 0 Å². The predicted octanol–water partition coefficient (Wildman–Crippen LogP) is 11.2. The quantitative estimate of drug-likeness (QED) is 0.120. The molecule has 4 heteroatoms. The third-order valence-corrected chi connectivity index (χ3v) is 10.2. The van der Waals surface area contributed by atoms with E-state index in [-0.39, 0.29) is 0 Å². The van der Waals surface area contributed by atoms with Crippen molar-refractivity contribution >= 4 is 51.8 Å². The Balaban J connectivity index is 1.15. The van der Waals surface area contributed by atoms with Crippen LogP contribution in [0.15, 0.2) is 201 Å². The van der Waals surface area contributed by atoms with Gasteiger partial charge in [-0.25, -0.2) is 9.98 Å². The molecule has 7 aromatic carbocycles. The average Bonchev–Trinajstić information content (AvgIpc) is 3.48. The number of allylic oxidation sites excluding steroid dienone is 2. The van der Waals surface area contributed by atoms with Crippen molar-refractivity contribution < 1.29 is 4.42 Å². The molecule has 1 aliphatic rings. The zero-order valence-corrected chi connectivity index (χ0v) is 30.3. The van der Waals surface area contributed by atoms with Gasteiger partial charge >= 0.3 is 0 Å². The Morgan fingerprint density at radius 2 is 1.16 bits per heavy atom. The van der Waals surface area contributed by atoms with Crippen LogP contribution in [-0.4, -0.2) is 18.4 Å². The molecule has 262 valence electrons. The Labute approximate surface area is 320 Å². The van der Waals surface area contributed by atoms with Crippen LogP contribution < -0.4 is 10.6 Å². The molecule has 9 rings (SSSR count). The summed E-state index contributed by atoms with van der Waals surface area (Å²) in [6.07, 6.45) is 6.84. The molecule has 0 atom stereocenters. The van der Waals surface area contributed by atoms with E-state index in [2.05, 4.69) is 139 Å². The molecule has 0 unspecified atom stereocenters. The van der Waals surface area contributed by atoms with E-state index in [4.69, 9.17) is 14.4 Å². The molecule has 0 saturated carbocycles. The van der Waals surface area contributed by atoms with Crippen LogP contribution in [0.3, 0.4) is 0 Å². The van der Waals surface area contributed by atoms with E-state index < -0.39 is 0 Å². The first-order valence-corrected chi connectivity index (χ1v) is 18.5. The minimum absolute atomic E-state index is 0.475. The van der Waals surface area contributed by atoms with E-state index in [9.17, 15) is 0 Å². The highest BCUT2D eigenvalue weighted by Crippen LogP contribution is 2.36. The third kappa shape index (κ3) is 6.78. The Hall–Kier alpha value is -7.17. The van der Waals surface area contributed by atoms with Crippen molar-refractivity contribution in [2.24, 2.45) is 15.0 Å². The summed E-state index contributed by atoms with van der Waals surface area (Å²) in [5.41, 5.74) is 11.6. The second-order valence-electron chi connectivity index (χ2n) is 13.6. The number of hydrogen-bond acceptors (Lipinski definition) is 2. The first kappa shape index (κ1) is 33.7. The number of aliphatic imine (C=N–C) groups is 3. The first-order chi connectivity index (χ1) is 27.2. The molecular weight excluding hydrogens is 671 g/mol. The molecule has 1 aromatic heterocycles. The van der Waals surface area contributed by atoms with Crippen LogP contribution in [0.25, 0.3) is 66.8 Å². The molecule has 1 heterocycles. The van der Waals surface area contributed by atoms with Gasteiger partial charge in [0.05, 0.1) is 6.54 Å². The lowest BCUT2D eigenvalue weighted by molar-refractivity contribution is 0.575. The molecule has 0 bridgehead atoms. The standard InChI is InChI=1S/C51H37N3O/c1-52-50(39-19-9-4-10-20-39)54-51(53-34-35-15-5-2-6-16-35)45-23-13-14-24-48-49(45)46-33-40(29-32-47(46)55-48)36-25-27-38(28-26-36)42-31-30-41(37-17-7-3-8-18-37)43-21-11-12-22-44(42)43/h2-22,24-33H,1,23,34H2/b53-51-,54-50-. The monoisotopic (exact) mass is 707 g/mol. The summed E-state index contributed by atoms with van der Waals surface area (Å²) in [7, 11) is 0. The van der Waals surface area contributed by atoms with E-state index in [1.54, 1.807) is 0 Å². The number of amidine groups is 2. The van der Waals surface area contributed by atoms with E-state index >= 15 is 0 Å². The van der Waals surface area contributed by atoms with Crippen molar-refractivity contribution in [1.29, 1.82) is 0 Å². The minimum atomic E-state index is 0.475. The Bertz CT molecular complexity index is 2900. The van der Waals surface area contributed by atoms with Crippen LogP contribution in [-0.2, 0) is 6.54 Å². The molecule has 0 N–H and O–H groups in total. The number of rotatable bonds is 7. The zero-order chi connectivity index (χ0) is 37.0. The maximum atomic E-state index is 6.51. The molecule has 0 aliphatic heterocycles. The zero-order valence-electron chi connectivity index (χ0n) is 30.3. The average molecular weight is 708 g/mol. The maximum absolute atomic E-state index is 6.51. The molecule has 4 nitrogen and oxygen atoms in total. The van der Waals surface area contributed by atoms with E-state index in [1.165, 1.54) is 33.0 Å². The van der Waals surface area contributed by atoms with Crippen LogP contribution in [0, 0.1) is 0 Å². The fourth-order valence-corrected chi connectivity index (χ4v) is 7.46. The molecule has 1 aliphatic carbocycles. The highest BCUT2D eigenvalue weighted by molar-refractivity contribution is 6.24. The van der Waals surface area contributed by atoms with Gasteiger partial charge < -0.3 is 4.42 Å². The lowest BCUT2D eigenvalue weighted by atomic mass is 9.91. The largest absolute Gasteiger partial charge is 0.456 e. The van der Waals surface area contributed by atoms with Crippen molar-refractivity contribution in [2.45, 2.75) is 13.0 Å². The summed E-state index contributed by atoms with van der Waals surface area (Å²) in [6.45, 7) is 4.35. The third-order valence-electron chi connectivity index (χ3n) is 10.2. The van der Waals surface area contributed by atoms with Gasteiger partial charge in [-0.15, -0.1) is 0 Å². The van der Waals surface area contributed by atoms with Crippen molar-refractivity contribution in [1.82, 2.24) is 0 Å². The van der Waals surface area contributed by atoms with Crippen LogP contribution in [0.1, 0.15) is 17.5 Å². The predicted molar refractivity (Wildman–Crippen MR) is 231 cm³/mol. The summed E-state index contributed by atoms with van der Waals surface area (Å²) in [5, 5.41) is 4.50. The minimum Gasteiger partial charge on any atom is -0.456 e. The molecule has 0 spiro atoms. The summed E-state index contributed by atoms with van der Waals surface area (Å²) in [4.78, 5) is 14.6. The fourth-order valence-electron chi connectivity index (χ4n) is 7.46. The smallest absolute Gasteiger partial charge is 0.160 e. The van der Waals surface area contributed by atoms with Crippen LogP contribution in [0.4, 0.5) is 0 Å². The van der Waals surface area contributed by atoms with Gasteiger partial charge in [-0.3, -0.25) is 4.99 Å². The molecule has 0 fully saturated rings. The lowest BCUT2D eigenvalue weighted by Crippen LogP contribution is -2.25. The number of benzene rings is 7. The van der Waals surface area contributed by atoms with E-state index in [0.717, 1.165) is 49.4 Å². The van der Waals surface area contributed by atoms with Crippen molar-refractivity contribution in [3.8, 4) is 33.4 Å². The molecule has 55 heavy (non-hydrogen) atoms. The highest BCUT2D eigenvalue weighted by atomic mass is 16.3. The Morgan fingerprint density at radius 1 is 0.564 bits per heavy atom. The summed E-state index contributed by atoms with van der Waals surface area (Å²) in [6, 6.07) is 59.3. The van der Waals surface area contributed by atoms with Gasteiger partial charge in [0.1, 0.15) is 11.0 Å². The van der Waals surface area contributed by atoms with E-state index in [0.29, 0.717) is 24.6 Å². The molecule has 0 amide bonds. The maximum Gasteiger partial charge on any atom is 0.160 e. The van der Waals surface area contributed by atoms with Crippen molar-refractivity contribution in [3.05, 3.63) is 204 Å². The SMILES string of the molecule is C=N/C(=N\C(=N/Cc1ccccc1)C1=c2c(oc3ccc(-c4ccc(-c5ccc(-c6ccccc6)c6ccccc56)cc4)cc23)=CC=CC1)c1ccccc1. The molecular formula is C51H37N3O. The van der Waals surface area contributed by atoms with Crippen LogP contribution in [0.5, 0.6) is 0 Å². The fraction of sp³-hybridized carbons (Fsp3) is 0.0392. The van der Waals surface area contributed by atoms with Crippen molar-refractivity contribution in [3.63, 3.8) is 0 Å². The number of fused-ring (bicyclic) bond motifs is 4. The summed E-state index contributed by atoms with van der Waals surface area (Å²) < 4.78 is 6.51. The van der Waals surface area contributed by atoms with Gasteiger partial charge in [0.2, 0.25) is 0 Å². The topological polar surface area (TPSA) is 50.2 Å². The molecule has 0 radical (unpaired) electrons. The Kier molecular flexibility index (Phi) is 9.21. The first-order valence-electron chi connectivity index (χ1n) is 18.5. The number of hydrogen-bond donors (Lipinski definition) is 0. The van der Waals surface area contributed by atoms with Crippen LogP contribution in [0.2, 0.25) is 0 Å². The highest BCUT2D eigenvalue weighted by Gasteiger charge is 2.17. The lowest BCUT2D eigenvalue weighted by Gasteiger charge is -2.13. The summed E-state index contributed by atoms with van der Waals surface area (Å²) >= 11 is 0. The second kappa shape index (κ2) is 15.1. The van der Waals surface area contributed by atoms with Crippen LogP contribution >= 0.6 is 0 Å². The normalized spacial score (nSPS) is 13.1.